The van der Waals surface area contributed by atoms with Gasteiger partial charge in [0.15, 0.2) is 0 Å². The van der Waals surface area contributed by atoms with Crippen LogP contribution in [0.2, 0.25) is 0 Å². The van der Waals surface area contributed by atoms with Gasteiger partial charge in [-0.05, 0) is 59.9 Å². The molecule has 1 aliphatic rings. The maximum atomic E-state index is 12.1. The maximum Gasteiger partial charge on any atom is 0.239 e. The van der Waals surface area contributed by atoms with Crippen molar-refractivity contribution in [2.45, 2.75) is 30.7 Å². The number of carbonyl (C=O) groups excluding carboxylic acids is 1. The van der Waals surface area contributed by atoms with Crippen molar-refractivity contribution in [2.75, 3.05) is 7.11 Å². The molecule has 4 rings (SSSR count). The largest absolute Gasteiger partial charge is 0.497 e. The summed E-state index contributed by atoms with van der Waals surface area (Å²) in [6, 6.07) is 20.7. The molecular weight excluding hydrogens is 438 g/mol. The molecule has 0 aliphatic carbocycles. The average molecular weight is 464 g/mol. The zero-order valence-corrected chi connectivity index (χ0v) is 19.6. The summed E-state index contributed by atoms with van der Waals surface area (Å²) in [6.45, 7) is 2.15. The Balaban J connectivity index is 1.63. The van der Waals surface area contributed by atoms with Gasteiger partial charge in [0.1, 0.15) is 10.1 Å². The van der Waals surface area contributed by atoms with E-state index in [4.69, 9.17) is 17.0 Å². The number of hydrogen-bond donors (Lipinski definition) is 2. The van der Waals surface area contributed by atoms with Crippen molar-refractivity contribution in [1.29, 1.82) is 0 Å². The second-order valence-electron chi connectivity index (χ2n) is 7.71. The van der Waals surface area contributed by atoms with Crippen LogP contribution in [0.5, 0.6) is 5.75 Å². The van der Waals surface area contributed by atoms with Crippen molar-refractivity contribution in [3.63, 3.8) is 0 Å². The van der Waals surface area contributed by atoms with Crippen molar-refractivity contribution < 1.29 is 9.53 Å². The number of amides is 1. The number of nitrogens with one attached hydrogen (secondary N) is 2. The van der Waals surface area contributed by atoms with Gasteiger partial charge >= 0.3 is 0 Å². The zero-order chi connectivity index (χ0) is 22.5. The third-order valence-corrected chi connectivity index (χ3v) is 6.92. The standard InChI is InChI=1S/C25H25N3O2S2/c1-16(18-10-12-26-13-11-18)27-23(19-6-8-21(30-2)9-7-19)20-5-3-4-17(14-20)15-22-24(29)28-25(31)32-22/h3-14,16,22-23,27H,15H2,1-2H3,(H,28,29,31). The number of ether oxygens (including phenoxy) is 1. The first-order valence-corrected chi connectivity index (χ1v) is 11.7. The van der Waals surface area contributed by atoms with Crippen LogP contribution in [0.25, 0.3) is 0 Å². The maximum absolute atomic E-state index is 12.1. The topological polar surface area (TPSA) is 63.2 Å². The average Bonchev–Trinajstić information content (AvgIpc) is 3.14. The van der Waals surface area contributed by atoms with Crippen molar-refractivity contribution in [3.05, 3.63) is 95.3 Å². The van der Waals surface area contributed by atoms with E-state index in [-0.39, 0.29) is 23.2 Å². The van der Waals surface area contributed by atoms with Gasteiger partial charge in [-0.3, -0.25) is 15.1 Å². The number of nitrogens with zero attached hydrogens (tertiary/aromatic N) is 1. The number of benzene rings is 2. The first-order valence-electron chi connectivity index (χ1n) is 10.4. The summed E-state index contributed by atoms with van der Waals surface area (Å²) < 4.78 is 5.89. The van der Waals surface area contributed by atoms with Crippen LogP contribution in [0.15, 0.2) is 73.1 Å². The highest BCUT2D eigenvalue weighted by molar-refractivity contribution is 8.24. The van der Waals surface area contributed by atoms with Gasteiger partial charge in [0.05, 0.1) is 18.4 Å². The number of carbonyl (C=O) groups is 1. The molecule has 3 atom stereocenters. The van der Waals surface area contributed by atoms with E-state index in [0.29, 0.717) is 10.7 Å². The molecule has 2 aromatic carbocycles. The Bertz CT molecular complexity index is 1090. The van der Waals surface area contributed by atoms with Gasteiger partial charge in [-0.1, -0.05) is 60.4 Å². The van der Waals surface area contributed by atoms with E-state index in [0.717, 1.165) is 22.4 Å². The van der Waals surface area contributed by atoms with Crippen LogP contribution in [-0.4, -0.2) is 27.6 Å². The fourth-order valence-corrected chi connectivity index (χ4v) is 5.13. The lowest BCUT2D eigenvalue weighted by molar-refractivity contribution is -0.118. The Morgan fingerprint density at radius 3 is 2.50 bits per heavy atom. The van der Waals surface area contributed by atoms with Crippen molar-refractivity contribution in [1.82, 2.24) is 15.6 Å². The molecule has 1 fully saturated rings. The number of thioether (sulfide) groups is 1. The number of aromatic nitrogens is 1. The monoisotopic (exact) mass is 463 g/mol. The van der Waals surface area contributed by atoms with Crippen LogP contribution >= 0.6 is 24.0 Å². The van der Waals surface area contributed by atoms with E-state index >= 15 is 0 Å². The van der Waals surface area contributed by atoms with E-state index in [1.807, 2.05) is 36.7 Å². The number of hydrogen-bond acceptors (Lipinski definition) is 6. The predicted molar refractivity (Wildman–Crippen MR) is 133 cm³/mol. The number of rotatable bonds is 8. The second kappa shape index (κ2) is 10.3. The van der Waals surface area contributed by atoms with Gasteiger partial charge in [0.25, 0.3) is 0 Å². The molecule has 2 N–H and O–H groups in total. The molecule has 1 aliphatic heterocycles. The summed E-state index contributed by atoms with van der Waals surface area (Å²) in [5, 5.41) is 6.32. The Morgan fingerprint density at radius 1 is 1.09 bits per heavy atom. The Morgan fingerprint density at radius 2 is 1.84 bits per heavy atom. The van der Waals surface area contributed by atoms with Crippen LogP contribution in [0.3, 0.4) is 0 Å². The molecule has 5 nitrogen and oxygen atoms in total. The minimum absolute atomic E-state index is 0.0125. The third kappa shape index (κ3) is 5.35. The Hall–Kier alpha value is -2.74. The Labute approximate surface area is 198 Å². The van der Waals surface area contributed by atoms with E-state index in [2.05, 4.69) is 58.9 Å². The van der Waals surface area contributed by atoms with Gasteiger partial charge in [-0.25, -0.2) is 0 Å². The molecule has 0 radical (unpaired) electrons. The molecule has 3 aromatic rings. The molecule has 0 bridgehead atoms. The van der Waals surface area contributed by atoms with Crippen LogP contribution in [0.4, 0.5) is 0 Å². The highest BCUT2D eigenvalue weighted by atomic mass is 32.2. The lowest BCUT2D eigenvalue weighted by Crippen LogP contribution is -2.26. The van der Waals surface area contributed by atoms with Crippen molar-refractivity contribution in [2.24, 2.45) is 0 Å². The number of pyridine rings is 1. The van der Waals surface area contributed by atoms with Crippen molar-refractivity contribution >= 4 is 34.2 Å². The van der Waals surface area contributed by atoms with Gasteiger partial charge in [-0.2, -0.15) is 0 Å². The van der Waals surface area contributed by atoms with E-state index in [1.54, 1.807) is 7.11 Å². The van der Waals surface area contributed by atoms with Gasteiger partial charge in [-0.15, -0.1) is 0 Å². The summed E-state index contributed by atoms with van der Waals surface area (Å²) in [6.07, 6.45) is 4.26. The Kier molecular flexibility index (Phi) is 7.19. The molecule has 1 aromatic heterocycles. The highest BCUT2D eigenvalue weighted by Gasteiger charge is 2.29. The molecule has 0 spiro atoms. The molecule has 2 heterocycles. The fraction of sp³-hybridized carbons (Fsp3) is 0.240. The van der Waals surface area contributed by atoms with Gasteiger partial charge in [0.2, 0.25) is 5.91 Å². The van der Waals surface area contributed by atoms with Crippen LogP contribution < -0.4 is 15.4 Å². The summed E-state index contributed by atoms with van der Waals surface area (Å²) in [5.74, 6) is 0.810. The van der Waals surface area contributed by atoms with Crippen LogP contribution in [-0.2, 0) is 11.2 Å². The third-order valence-electron chi connectivity index (χ3n) is 5.54. The zero-order valence-electron chi connectivity index (χ0n) is 17.9. The van der Waals surface area contributed by atoms with E-state index in [1.165, 1.54) is 17.3 Å². The van der Waals surface area contributed by atoms with Gasteiger partial charge in [0, 0.05) is 18.4 Å². The van der Waals surface area contributed by atoms with E-state index in [9.17, 15) is 4.79 Å². The molecule has 164 valence electrons. The lowest BCUT2D eigenvalue weighted by Gasteiger charge is -2.25. The summed E-state index contributed by atoms with van der Waals surface area (Å²) >= 11 is 6.57. The SMILES string of the molecule is COc1ccc(C(NC(C)c2ccncc2)c2cccc(CC3SC(=S)NC3=O)c2)cc1. The van der Waals surface area contributed by atoms with Crippen molar-refractivity contribution in [3.8, 4) is 5.75 Å². The summed E-state index contributed by atoms with van der Waals surface area (Å²) in [4.78, 5) is 16.3. The quantitative estimate of drug-likeness (QED) is 0.477. The summed E-state index contributed by atoms with van der Waals surface area (Å²) in [7, 11) is 1.67. The minimum Gasteiger partial charge on any atom is -0.497 e. The summed E-state index contributed by atoms with van der Waals surface area (Å²) in [5.41, 5.74) is 4.55. The second-order valence-corrected chi connectivity index (χ2v) is 9.59. The van der Waals surface area contributed by atoms with Crippen LogP contribution in [0, 0.1) is 0 Å². The molecular formula is C25H25N3O2S2. The molecule has 7 heteroatoms. The first kappa shape index (κ1) is 22.5. The normalized spacial score (nSPS) is 17.6. The smallest absolute Gasteiger partial charge is 0.239 e. The minimum atomic E-state index is -0.180. The molecule has 32 heavy (non-hydrogen) atoms. The molecule has 3 unspecified atom stereocenters. The number of methoxy groups -OCH3 is 1. The van der Waals surface area contributed by atoms with E-state index < -0.39 is 0 Å². The molecule has 0 saturated carbocycles. The van der Waals surface area contributed by atoms with Gasteiger partial charge < -0.3 is 10.1 Å². The molecule has 1 saturated heterocycles. The highest BCUT2D eigenvalue weighted by Crippen LogP contribution is 2.29. The fourth-order valence-electron chi connectivity index (χ4n) is 3.82. The first-order chi connectivity index (χ1) is 15.5. The number of thiocarbonyl (C=S) groups is 1. The van der Waals surface area contributed by atoms with Crippen LogP contribution in [0.1, 0.15) is 41.3 Å². The lowest BCUT2D eigenvalue weighted by atomic mass is 9.94. The molecule has 1 amide bonds. The predicted octanol–water partition coefficient (Wildman–Crippen LogP) is 4.59.